The highest BCUT2D eigenvalue weighted by Crippen LogP contribution is 2.11. The van der Waals surface area contributed by atoms with E-state index in [4.69, 9.17) is 0 Å². The Morgan fingerprint density at radius 1 is 0.882 bits per heavy atom. The molecule has 3 nitrogen and oxygen atoms in total. The van der Waals surface area contributed by atoms with Crippen molar-refractivity contribution in [2.24, 2.45) is 0 Å². The number of allylic oxidation sites excluding steroid dienone is 10. The normalized spacial score (nSPS) is 17.2. The van der Waals surface area contributed by atoms with Crippen LogP contribution in [0.2, 0.25) is 0 Å². The number of rotatable bonds is 1. The fourth-order valence-electron chi connectivity index (χ4n) is 1.40. The summed E-state index contributed by atoms with van der Waals surface area (Å²) >= 11 is 0. The largest absolute Gasteiger partial charge is 0.412 e. The van der Waals surface area contributed by atoms with Gasteiger partial charge in [0.2, 0.25) is 0 Å². The minimum atomic E-state index is 0. The van der Waals surface area contributed by atoms with E-state index in [1.165, 1.54) is 0 Å². The van der Waals surface area contributed by atoms with Crippen LogP contribution in [0.15, 0.2) is 72.2 Å². The average molecular weight is 229 g/mol. The van der Waals surface area contributed by atoms with Crippen molar-refractivity contribution >= 4 is 5.78 Å². The Hall–Kier alpha value is -2.13. The van der Waals surface area contributed by atoms with Gasteiger partial charge in [-0.05, 0) is 35.5 Å². The molecule has 0 unspecified atom stereocenters. The van der Waals surface area contributed by atoms with E-state index in [-0.39, 0.29) is 11.3 Å². The Balaban J connectivity index is 0.00000144. The van der Waals surface area contributed by atoms with Crippen LogP contribution in [0.5, 0.6) is 0 Å². The molecule has 0 amide bonds. The second-order valence-electron chi connectivity index (χ2n) is 3.70. The van der Waals surface area contributed by atoms with Gasteiger partial charge in [-0.1, -0.05) is 24.3 Å². The van der Waals surface area contributed by atoms with Gasteiger partial charge in [-0.3, -0.25) is 4.79 Å². The van der Waals surface area contributed by atoms with Gasteiger partial charge < -0.3 is 10.4 Å². The summed E-state index contributed by atoms with van der Waals surface area (Å²) in [5.41, 5.74) is 2.18. The molecular formula is C14H15NO2. The molecule has 0 fully saturated rings. The zero-order chi connectivity index (χ0) is 11.4. The Kier molecular flexibility index (Phi) is 4.43. The maximum absolute atomic E-state index is 10.9. The third-order valence-electron chi connectivity index (χ3n) is 2.35. The second-order valence-corrected chi connectivity index (χ2v) is 3.70. The van der Waals surface area contributed by atoms with Gasteiger partial charge in [0.15, 0.2) is 5.78 Å². The molecule has 1 aliphatic heterocycles. The Labute approximate surface area is 101 Å². The first-order chi connectivity index (χ1) is 7.74. The molecular weight excluding hydrogens is 214 g/mol. The molecule has 0 aromatic carbocycles. The highest BCUT2D eigenvalue weighted by Gasteiger charge is 1.97. The first kappa shape index (κ1) is 12.9. The Bertz CT molecular complexity index is 442. The molecule has 0 atom stereocenters. The quantitative estimate of drug-likeness (QED) is 0.687. The van der Waals surface area contributed by atoms with E-state index in [1.54, 1.807) is 12.2 Å². The summed E-state index contributed by atoms with van der Waals surface area (Å²) in [6.45, 7) is 0. The maximum Gasteiger partial charge on any atom is 0.178 e. The summed E-state index contributed by atoms with van der Waals surface area (Å²) < 4.78 is 0. The molecule has 0 bridgehead atoms. The highest BCUT2D eigenvalue weighted by molar-refractivity contribution is 6.01. The summed E-state index contributed by atoms with van der Waals surface area (Å²) in [5, 5.41) is 0. The van der Waals surface area contributed by atoms with Crippen LogP contribution in [0.25, 0.3) is 0 Å². The molecule has 1 heterocycles. The fourth-order valence-corrected chi connectivity index (χ4v) is 1.40. The molecule has 3 heteroatoms. The highest BCUT2D eigenvalue weighted by atomic mass is 16.1. The third kappa shape index (κ3) is 3.74. The maximum atomic E-state index is 10.9. The standard InChI is InChI=1S/C14H13NO.H2O/c1-15-10-8-13(9-11-15)3-2-12-4-6-14(16)7-5-12;/h2-11H,1H3;1H2. The fraction of sp³-hybridized carbons (Fsp3) is 0.0714. The van der Waals surface area contributed by atoms with Crippen molar-refractivity contribution in [2.75, 3.05) is 7.05 Å². The number of hydrogen-bond acceptors (Lipinski definition) is 2. The van der Waals surface area contributed by atoms with E-state index < -0.39 is 0 Å². The number of ketones is 1. The van der Waals surface area contributed by atoms with Crippen molar-refractivity contribution in [1.29, 1.82) is 0 Å². The van der Waals surface area contributed by atoms with Gasteiger partial charge in [0.05, 0.1) is 0 Å². The smallest absolute Gasteiger partial charge is 0.178 e. The van der Waals surface area contributed by atoms with Crippen molar-refractivity contribution in [2.45, 2.75) is 0 Å². The van der Waals surface area contributed by atoms with Crippen LogP contribution in [0, 0.1) is 0 Å². The molecule has 88 valence electrons. The second kappa shape index (κ2) is 5.82. The Morgan fingerprint density at radius 3 is 1.88 bits per heavy atom. The molecule has 2 rings (SSSR count). The summed E-state index contributed by atoms with van der Waals surface area (Å²) in [6.07, 6.45) is 18.9. The van der Waals surface area contributed by atoms with Crippen LogP contribution >= 0.6 is 0 Å². The van der Waals surface area contributed by atoms with E-state index >= 15 is 0 Å². The number of nitrogens with zero attached hydrogens (tertiary/aromatic N) is 1. The van der Waals surface area contributed by atoms with Gasteiger partial charge >= 0.3 is 0 Å². The lowest BCUT2D eigenvalue weighted by Crippen LogP contribution is -2.02. The Morgan fingerprint density at radius 2 is 1.35 bits per heavy atom. The minimum absolute atomic E-state index is 0. The average Bonchev–Trinajstić information content (AvgIpc) is 2.30. The SMILES string of the molecule is CN1C=CC(=CC=C2C=CC(=O)C=C2)C=C1.O. The van der Waals surface area contributed by atoms with Crippen molar-refractivity contribution in [1.82, 2.24) is 4.90 Å². The monoisotopic (exact) mass is 229 g/mol. The lowest BCUT2D eigenvalue weighted by atomic mass is 10.1. The van der Waals surface area contributed by atoms with Crippen molar-refractivity contribution < 1.29 is 10.3 Å². The van der Waals surface area contributed by atoms with Gasteiger partial charge in [0.1, 0.15) is 0 Å². The number of carbonyl (C=O) groups excluding carboxylic acids is 1. The summed E-state index contributed by atoms with van der Waals surface area (Å²) in [7, 11) is 1.99. The van der Waals surface area contributed by atoms with Crippen molar-refractivity contribution in [3.8, 4) is 0 Å². The van der Waals surface area contributed by atoms with Crippen molar-refractivity contribution in [3.05, 3.63) is 72.2 Å². The van der Waals surface area contributed by atoms with Gasteiger partial charge in [-0.15, -0.1) is 0 Å². The van der Waals surface area contributed by atoms with Gasteiger partial charge in [0, 0.05) is 19.4 Å². The number of carbonyl (C=O) groups is 1. The van der Waals surface area contributed by atoms with E-state index in [2.05, 4.69) is 0 Å². The van der Waals surface area contributed by atoms with E-state index in [0.717, 1.165) is 11.1 Å². The summed E-state index contributed by atoms with van der Waals surface area (Å²) in [6, 6.07) is 0. The molecule has 0 aromatic heterocycles. The molecule has 0 saturated carbocycles. The minimum Gasteiger partial charge on any atom is -0.412 e. The van der Waals surface area contributed by atoms with Crippen LogP contribution in [0.1, 0.15) is 0 Å². The zero-order valence-corrected chi connectivity index (χ0v) is 9.63. The van der Waals surface area contributed by atoms with E-state index in [1.807, 2.05) is 60.8 Å². The zero-order valence-electron chi connectivity index (χ0n) is 9.63. The van der Waals surface area contributed by atoms with Crippen LogP contribution in [0.3, 0.4) is 0 Å². The predicted octanol–water partition coefficient (Wildman–Crippen LogP) is 1.68. The molecule has 1 aliphatic carbocycles. The lowest BCUT2D eigenvalue weighted by molar-refractivity contribution is -0.110. The van der Waals surface area contributed by atoms with Gasteiger partial charge in [0.25, 0.3) is 0 Å². The first-order valence-corrected chi connectivity index (χ1v) is 5.14. The lowest BCUT2D eigenvalue weighted by Gasteiger charge is -2.11. The van der Waals surface area contributed by atoms with Gasteiger partial charge in [-0.25, -0.2) is 0 Å². The van der Waals surface area contributed by atoms with Gasteiger partial charge in [-0.2, -0.15) is 0 Å². The third-order valence-corrected chi connectivity index (χ3v) is 2.35. The number of hydrogen-bond donors (Lipinski definition) is 0. The molecule has 17 heavy (non-hydrogen) atoms. The van der Waals surface area contributed by atoms with Crippen molar-refractivity contribution in [3.63, 3.8) is 0 Å². The summed E-state index contributed by atoms with van der Waals surface area (Å²) in [5.74, 6) is 0.0453. The van der Waals surface area contributed by atoms with Crippen LogP contribution in [-0.2, 0) is 4.79 Å². The first-order valence-electron chi connectivity index (χ1n) is 5.14. The molecule has 0 radical (unpaired) electrons. The summed E-state index contributed by atoms with van der Waals surface area (Å²) in [4.78, 5) is 12.9. The van der Waals surface area contributed by atoms with Crippen LogP contribution in [-0.4, -0.2) is 23.2 Å². The molecule has 0 spiro atoms. The molecule has 0 aromatic rings. The molecule has 2 N–H and O–H groups in total. The topological polar surface area (TPSA) is 51.8 Å². The van der Waals surface area contributed by atoms with Crippen LogP contribution < -0.4 is 0 Å². The van der Waals surface area contributed by atoms with Crippen LogP contribution in [0.4, 0.5) is 0 Å². The molecule has 2 aliphatic rings. The van der Waals surface area contributed by atoms with E-state index in [9.17, 15) is 4.79 Å². The predicted molar refractivity (Wildman–Crippen MR) is 69.1 cm³/mol. The molecule has 0 saturated heterocycles. The van der Waals surface area contributed by atoms with E-state index in [0.29, 0.717) is 0 Å².